The molecule has 0 spiro atoms. The van der Waals surface area contributed by atoms with E-state index in [1.165, 1.54) is 7.11 Å². The third-order valence-corrected chi connectivity index (χ3v) is 7.97. The van der Waals surface area contributed by atoms with Crippen molar-refractivity contribution in [2.75, 3.05) is 20.3 Å². The lowest BCUT2D eigenvalue weighted by atomic mass is 9.96. The number of aliphatic imine (C=N–C) groups is 1. The van der Waals surface area contributed by atoms with Gasteiger partial charge in [0.1, 0.15) is 24.4 Å². The number of carbonyl (C=O) groups excluding carboxylic acids is 1. The smallest absolute Gasteiger partial charge is 0.220 e. The summed E-state index contributed by atoms with van der Waals surface area (Å²) < 4.78 is 24.3. The molecule has 5 rings (SSSR count). The second kappa shape index (κ2) is 16.3. The number of carbonyl (C=O) groups is 1. The first-order chi connectivity index (χ1) is 22.4. The molecule has 4 aromatic rings. The monoisotopic (exact) mass is 626 g/mol. The van der Waals surface area contributed by atoms with Gasteiger partial charge < -0.3 is 40.8 Å². The summed E-state index contributed by atoms with van der Waals surface area (Å²) in [6, 6.07) is 31.7. The van der Waals surface area contributed by atoms with Gasteiger partial charge in [0.2, 0.25) is 5.91 Å². The van der Waals surface area contributed by atoms with E-state index in [9.17, 15) is 9.90 Å². The molecule has 1 unspecified atom stereocenters. The van der Waals surface area contributed by atoms with Crippen molar-refractivity contribution in [3.05, 3.63) is 108 Å². The SMILES string of the molecule is CO[C@H]1[C@H](O)[C@@H](COCc2ccc(-c3ccccc3)cc2)OC(OCc2ccc3ccccc3c2)[C@@H]1NC(=O)CCCN=C(N)N. The Morgan fingerprint density at radius 1 is 0.891 bits per heavy atom. The summed E-state index contributed by atoms with van der Waals surface area (Å²) >= 11 is 0. The first-order valence-electron chi connectivity index (χ1n) is 15.4. The molecule has 0 saturated carbocycles. The van der Waals surface area contributed by atoms with Crippen molar-refractivity contribution in [2.45, 2.75) is 56.7 Å². The zero-order valence-electron chi connectivity index (χ0n) is 26.0. The largest absolute Gasteiger partial charge is 0.388 e. The number of ether oxygens (including phenoxy) is 4. The van der Waals surface area contributed by atoms with Crippen LogP contribution < -0.4 is 16.8 Å². The van der Waals surface area contributed by atoms with Crippen molar-refractivity contribution in [1.29, 1.82) is 0 Å². The molecule has 1 heterocycles. The van der Waals surface area contributed by atoms with E-state index in [0.717, 1.165) is 33.0 Å². The van der Waals surface area contributed by atoms with Gasteiger partial charge in [0, 0.05) is 20.1 Å². The zero-order chi connectivity index (χ0) is 32.3. The molecule has 10 heteroatoms. The number of hydrogen-bond acceptors (Lipinski definition) is 7. The van der Waals surface area contributed by atoms with Gasteiger partial charge in [-0.15, -0.1) is 0 Å². The zero-order valence-corrected chi connectivity index (χ0v) is 26.0. The second-order valence-electron chi connectivity index (χ2n) is 11.3. The number of nitrogens with one attached hydrogen (secondary N) is 1. The Bertz CT molecular complexity index is 1580. The maximum atomic E-state index is 12.9. The van der Waals surface area contributed by atoms with E-state index in [4.69, 9.17) is 30.4 Å². The van der Waals surface area contributed by atoms with E-state index in [0.29, 0.717) is 19.6 Å². The number of hydrogen-bond donors (Lipinski definition) is 4. The number of amides is 1. The molecule has 6 N–H and O–H groups in total. The lowest BCUT2D eigenvalue weighted by Gasteiger charge is -2.44. The van der Waals surface area contributed by atoms with Gasteiger partial charge in [-0.05, 0) is 45.5 Å². The molecule has 1 aliphatic rings. The first kappa shape index (κ1) is 33.1. The van der Waals surface area contributed by atoms with E-state index < -0.39 is 30.6 Å². The number of fused-ring (bicyclic) bond motifs is 1. The number of guanidine groups is 1. The van der Waals surface area contributed by atoms with Crippen molar-refractivity contribution in [1.82, 2.24) is 5.32 Å². The minimum Gasteiger partial charge on any atom is -0.388 e. The van der Waals surface area contributed by atoms with Gasteiger partial charge in [-0.25, -0.2) is 0 Å². The Balaban J connectivity index is 1.25. The molecule has 46 heavy (non-hydrogen) atoms. The molecule has 5 atom stereocenters. The van der Waals surface area contributed by atoms with E-state index in [2.05, 4.69) is 46.7 Å². The van der Waals surface area contributed by atoms with Crippen LogP contribution in [0.25, 0.3) is 21.9 Å². The Kier molecular flexibility index (Phi) is 11.7. The fourth-order valence-corrected chi connectivity index (χ4v) is 5.56. The van der Waals surface area contributed by atoms with Crippen LogP contribution in [-0.2, 0) is 37.0 Å². The average Bonchev–Trinajstić information content (AvgIpc) is 3.08. The number of benzene rings is 4. The molecule has 0 radical (unpaired) electrons. The van der Waals surface area contributed by atoms with Gasteiger partial charge in [-0.3, -0.25) is 9.79 Å². The van der Waals surface area contributed by atoms with Gasteiger partial charge in [0.25, 0.3) is 0 Å². The molecule has 1 aliphatic heterocycles. The average molecular weight is 627 g/mol. The van der Waals surface area contributed by atoms with E-state index >= 15 is 0 Å². The maximum absolute atomic E-state index is 12.9. The van der Waals surface area contributed by atoms with E-state index in [1.807, 2.05) is 60.7 Å². The quantitative estimate of drug-likeness (QED) is 0.0936. The predicted octanol–water partition coefficient (Wildman–Crippen LogP) is 3.88. The van der Waals surface area contributed by atoms with Crippen molar-refractivity contribution in [3.63, 3.8) is 0 Å². The molecule has 0 bridgehead atoms. The van der Waals surface area contributed by atoms with E-state index in [-0.39, 0.29) is 31.5 Å². The first-order valence-corrected chi connectivity index (χ1v) is 15.4. The molecule has 0 aliphatic carbocycles. The summed E-state index contributed by atoms with van der Waals surface area (Å²) in [7, 11) is 1.49. The van der Waals surface area contributed by atoms with Crippen molar-refractivity contribution < 1.29 is 28.8 Å². The number of nitrogens with two attached hydrogens (primary N) is 2. The van der Waals surface area contributed by atoms with Crippen molar-refractivity contribution in [3.8, 4) is 11.1 Å². The van der Waals surface area contributed by atoms with Crippen LogP contribution in [0.1, 0.15) is 24.0 Å². The van der Waals surface area contributed by atoms with Crippen LogP contribution in [-0.4, -0.2) is 67.9 Å². The highest BCUT2D eigenvalue weighted by Crippen LogP contribution is 2.27. The Hall–Kier alpha value is -4.32. The summed E-state index contributed by atoms with van der Waals surface area (Å²) in [5, 5.41) is 16.5. The molecular formula is C36H42N4O6. The third kappa shape index (κ3) is 8.90. The fraction of sp³-hybridized carbons (Fsp3) is 0.333. The molecule has 242 valence electrons. The molecule has 10 nitrogen and oxygen atoms in total. The van der Waals surface area contributed by atoms with Crippen LogP contribution in [0.3, 0.4) is 0 Å². The van der Waals surface area contributed by atoms with Gasteiger partial charge in [0.15, 0.2) is 12.2 Å². The molecule has 0 aromatic heterocycles. The van der Waals surface area contributed by atoms with Crippen LogP contribution in [0.4, 0.5) is 0 Å². The topological polar surface area (TPSA) is 151 Å². The minimum atomic E-state index is -1.09. The number of aliphatic hydroxyl groups is 1. The normalized spacial score (nSPS) is 21.1. The third-order valence-electron chi connectivity index (χ3n) is 7.97. The van der Waals surface area contributed by atoms with Crippen LogP contribution >= 0.6 is 0 Å². The van der Waals surface area contributed by atoms with Crippen LogP contribution in [0.5, 0.6) is 0 Å². The van der Waals surface area contributed by atoms with Crippen molar-refractivity contribution in [2.24, 2.45) is 16.5 Å². The Labute approximate surface area is 269 Å². The predicted molar refractivity (Wildman–Crippen MR) is 178 cm³/mol. The van der Waals surface area contributed by atoms with Crippen molar-refractivity contribution >= 4 is 22.6 Å². The summed E-state index contributed by atoms with van der Waals surface area (Å²) in [6.07, 6.45) is -2.95. The number of rotatable bonds is 14. The van der Waals surface area contributed by atoms with Gasteiger partial charge in [-0.2, -0.15) is 0 Å². The lowest BCUT2D eigenvalue weighted by Crippen LogP contribution is -2.65. The van der Waals surface area contributed by atoms with Crippen LogP contribution in [0, 0.1) is 0 Å². The Morgan fingerprint density at radius 3 is 2.33 bits per heavy atom. The van der Waals surface area contributed by atoms with Crippen LogP contribution in [0.15, 0.2) is 102 Å². The maximum Gasteiger partial charge on any atom is 0.220 e. The minimum absolute atomic E-state index is 0.0247. The fourth-order valence-electron chi connectivity index (χ4n) is 5.56. The molecule has 1 fully saturated rings. The van der Waals surface area contributed by atoms with E-state index in [1.54, 1.807) is 0 Å². The summed E-state index contributed by atoms with van der Waals surface area (Å²) in [5.41, 5.74) is 15.0. The summed E-state index contributed by atoms with van der Waals surface area (Å²) in [5.74, 6) is -0.287. The summed E-state index contributed by atoms with van der Waals surface area (Å²) in [4.78, 5) is 16.8. The second-order valence-corrected chi connectivity index (χ2v) is 11.3. The van der Waals surface area contributed by atoms with Gasteiger partial charge in [0.05, 0.1) is 19.8 Å². The van der Waals surface area contributed by atoms with Gasteiger partial charge in [-0.1, -0.05) is 91.0 Å². The van der Waals surface area contributed by atoms with Gasteiger partial charge >= 0.3 is 0 Å². The molecule has 1 saturated heterocycles. The molecule has 4 aromatic carbocycles. The molecule has 1 amide bonds. The number of nitrogens with zero attached hydrogens (tertiary/aromatic N) is 1. The highest BCUT2D eigenvalue weighted by molar-refractivity contribution is 5.83. The highest BCUT2D eigenvalue weighted by atomic mass is 16.7. The van der Waals surface area contributed by atoms with Crippen LogP contribution in [0.2, 0.25) is 0 Å². The summed E-state index contributed by atoms with van der Waals surface area (Å²) in [6.45, 7) is 0.970. The highest BCUT2D eigenvalue weighted by Gasteiger charge is 2.47. The lowest BCUT2D eigenvalue weighted by molar-refractivity contribution is -0.279. The Morgan fingerprint density at radius 2 is 1.59 bits per heavy atom. The molecular weight excluding hydrogens is 584 g/mol. The number of aliphatic hydroxyl groups excluding tert-OH is 1. The number of methoxy groups -OCH3 is 1. The standard InChI is InChI=1S/C36H42N4O6/c1-43-34-32(40-31(41)12-7-19-39-36(37)38)35(45-22-25-15-18-27-10-5-6-11-29(27)20-25)46-30(33(34)42)23-44-21-24-13-16-28(17-14-24)26-8-3-2-4-9-26/h2-6,8-11,13-18,20,30,32-35,42H,7,12,19,21-23H2,1H3,(H,40,41)(H4,37,38,39)/t30-,32-,33-,34-,35?/m1/s1.